The van der Waals surface area contributed by atoms with Crippen molar-refractivity contribution in [3.8, 4) is 0 Å². The van der Waals surface area contributed by atoms with Crippen molar-refractivity contribution >= 4 is 27.5 Å². The number of unbranched alkanes of at least 4 members (excludes halogenated alkanes) is 1. The molecule has 0 spiro atoms. The van der Waals surface area contributed by atoms with Crippen molar-refractivity contribution in [1.82, 2.24) is 10.2 Å². The summed E-state index contributed by atoms with van der Waals surface area (Å²) in [6, 6.07) is 18.1. The van der Waals surface area contributed by atoms with E-state index in [2.05, 4.69) is 5.32 Å². The molecule has 7 nitrogen and oxygen atoms in total. The first-order valence-corrected chi connectivity index (χ1v) is 14.4. The molecule has 0 bridgehead atoms. The molecular weight excluding hydrogens is 517 g/mol. The van der Waals surface area contributed by atoms with Gasteiger partial charge in [-0.05, 0) is 68.7 Å². The Morgan fingerprint density at radius 1 is 0.949 bits per heavy atom. The predicted molar refractivity (Wildman–Crippen MR) is 151 cm³/mol. The molecule has 1 atom stereocenters. The predicted octanol–water partition coefficient (Wildman–Crippen LogP) is 4.97. The minimum absolute atomic E-state index is 0.00761. The average Bonchev–Trinajstić information content (AvgIpc) is 2.91. The fourth-order valence-corrected chi connectivity index (χ4v) is 5.58. The number of nitrogens with one attached hydrogen (secondary N) is 1. The highest BCUT2D eigenvalue weighted by atomic mass is 32.2. The number of hydrogen-bond donors (Lipinski definition) is 1. The third-order valence-corrected chi connectivity index (χ3v) is 8.31. The van der Waals surface area contributed by atoms with Gasteiger partial charge in [0.25, 0.3) is 10.0 Å². The number of para-hydroxylation sites is 1. The molecule has 0 radical (unpaired) electrons. The van der Waals surface area contributed by atoms with Crippen molar-refractivity contribution in [3.05, 3.63) is 95.3 Å². The average molecular weight is 554 g/mol. The van der Waals surface area contributed by atoms with E-state index in [9.17, 15) is 22.4 Å². The fourth-order valence-electron chi connectivity index (χ4n) is 4.10. The van der Waals surface area contributed by atoms with Gasteiger partial charge in [-0.3, -0.25) is 13.9 Å². The Hall–Kier alpha value is -3.72. The minimum Gasteiger partial charge on any atom is -0.354 e. The number of carbonyl (C=O) groups excluding carboxylic acids is 2. The Bertz CT molecular complexity index is 1380. The standard InChI is InChI=1S/C30H36FN3O4S/c1-5-6-19-32-30(36)24(4)33(20-25-13-15-26(31)16-14-25)29(35)21-34(28-10-8-7-9-23(28)3)39(37,38)27-17-11-22(2)12-18-27/h7-18,24H,5-6,19-21H2,1-4H3,(H,32,36). The van der Waals surface area contributed by atoms with Crippen LogP contribution >= 0.6 is 0 Å². The second kappa shape index (κ2) is 13.4. The van der Waals surface area contributed by atoms with E-state index in [1.807, 2.05) is 13.8 Å². The summed E-state index contributed by atoms with van der Waals surface area (Å²) in [5.41, 5.74) is 2.56. The molecular formula is C30H36FN3O4S. The van der Waals surface area contributed by atoms with E-state index in [0.717, 1.165) is 22.7 Å². The Morgan fingerprint density at radius 2 is 1.59 bits per heavy atom. The summed E-state index contributed by atoms with van der Waals surface area (Å²) in [5, 5.41) is 2.84. The first-order valence-electron chi connectivity index (χ1n) is 13.0. The van der Waals surface area contributed by atoms with Crippen molar-refractivity contribution in [2.45, 2.75) is 58.0 Å². The highest BCUT2D eigenvalue weighted by Crippen LogP contribution is 2.27. The van der Waals surface area contributed by atoms with Crippen LogP contribution in [0.4, 0.5) is 10.1 Å². The molecule has 3 rings (SSSR count). The third kappa shape index (κ3) is 7.66. The number of halogens is 1. The Labute approximate surface area is 230 Å². The lowest BCUT2D eigenvalue weighted by Crippen LogP contribution is -2.51. The molecule has 0 saturated carbocycles. The number of carbonyl (C=O) groups is 2. The van der Waals surface area contributed by atoms with E-state index < -0.39 is 34.3 Å². The molecule has 2 amide bonds. The van der Waals surface area contributed by atoms with Crippen LogP contribution < -0.4 is 9.62 Å². The van der Waals surface area contributed by atoms with Crippen LogP contribution in [-0.2, 0) is 26.2 Å². The molecule has 0 aliphatic carbocycles. The molecule has 9 heteroatoms. The quantitative estimate of drug-likeness (QED) is 0.321. The van der Waals surface area contributed by atoms with Gasteiger partial charge in [0.2, 0.25) is 11.8 Å². The molecule has 3 aromatic carbocycles. The molecule has 1 N–H and O–H groups in total. The SMILES string of the molecule is CCCCNC(=O)C(C)N(Cc1ccc(F)cc1)C(=O)CN(c1ccccc1C)S(=O)(=O)c1ccc(C)cc1. The monoisotopic (exact) mass is 553 g/mol. The second-order valence-corrected chi connectivity index (χ2v) is 11.4. The summed E-state index contributed by atoms with van der Waals surface area (Å²) in [5.74, 6) is -1.32. The molecule has 1 unspecified atom stereocenters. The zero-order chi connectivity index (χ0) is 28.6. The van der Waals surface area contributed by atoms with Gasteiger partial charge in [-0.2, -0.15) is 0 Å². The van der Waals surface area contributed by atoms with Gasteiger partial charge >= 0.3 is 0 Å². The van der Waals surface area contributed by atoms with Gasteiger partial charge in [-0.1, -0.05) is 61.4 Å². The molecule has 0 heterocycles. The summed E-state index contributed by atoms with van der Waals surface area (Å²) in [7, 11) is -4.13. The van der Waals surface area contributed by atoms with Crippen molar-refractivity contribution in [2.75, 3.05) is 17.4 Å². The Morgan fingerprint density at radius 3 is 2.21 bits per heavy atom. The molecule has 0 aliphatic rings. The van der Waals surface area contributed by atoms with Crippen LogP contribution in [0.15, 0.2) is 77.7 Å². The zero-order valence-corrected chi connectivity index (χ0v) is 23.7. The van der Waals surface area contributed by atoms with Gasteiger partial charge in [-0.15, -0.1) is 0 Å². The number of aryl methyl sites for hydroxylation is 2. The summed E-state index contributed by atoms with van der Waals surface area (Å²) in [6.45, 7) is 7.21. The van der Waals surface area contributed by atoms with E-state index in [4.69, 9.17) is 0 Å². The summed E-state index contributed by atoms with van der Waals surface area (Å²) < 4.78 is 42.4. The number of benzene rings is 3. The summed E-state index contributed by atoms with van der Waals surface area (Å²) in [6.07, 6.45) is 1.69. The van der Waals surface area contributed by atoms with Crippen LogP contribution in [0.2, 0.25) is 0 Å². The lowest BCUT2D eigenvalue weighted by molar-refractivity contribution is -0.139. The van der Waals surface area contributed by atoms with Crippen LogP contribution in [-0.4, -0.2) is 44.3 Å². The van der Waals surface area contributed by atoms with Crippen LogP contribution in [0, 0.1) is 19.7 Å². The highest BCUT2D eigenvalue weighted by molar-refractivity contribution is 7.92. The zero-order valence-electron chi connectivity index (χ0n) is 22.9. The smallest absolute Gasteiger partial charge is 0.264 e. The number of amides is 2. The first-order chi connectivity index (χ1) is 18.5. The maximum absolute atomic E-state index is 13.9. The molecule has 3 aromatic rings. The van der Waals surface area contributed by atoms with E-state index in [1.54, 1.807) is 62.4 Å². The van der Waals surface area contributed by atoms with E-state index in [1.165, 1.54) is 29.2 Å². The van der Waals surface area contributed by atoms with Gasteiger partial charge < -0.3 is 10.2 Å². The van der Waals surface area contributed by atoms with E-state index >= 15 is 0 Å². The largest absolute Gasteiger partial charge is 0.354 e. The van der Waals surface area contributed by atoms with Gasteiger partial charge in [0.15, 0.2) is 0 Å². The fraction of sp³-hybridized carbons (Fsp3) is 0.333. The van der Waals surface area contributed by atoms with Crippen molar-refractivity contribution in [1.29, 1.82) is 0 Å². The second-order valence-electron chi connectivity index (χ2n) is 9.58. The van der Waals surface area contributed by atoms with E-state index in [0.29, 0.717) is 23.4 Å². The molecule has 0 fully saturated rings. The van der Waals surface area contributed by atoms with Gasteiger partial charge in [0.05, 0.1) is 10.6 Å². The lowest BCUT2D eigenvalue weighted by Gasteiger charge is -2.32. The van der Waals surface area contributed by atoms with Crippen molar-refractivity contribution in [2.24, 2.45) is 0 Å². The minimum atomic E-state index is -4.13. The maximum atomic E-state index is 13.9. The van der Waals surface area contributed by atoms with Crippen molar-refractivity contribution in [3.63, 3.8) is 0 Å². The molecule has 39 heavy (non-hydrogen) atoms. The first kappa shape index (κ1) is 29.8. The summed E-state index contributed by atoms with van der Waals surface area (Å²) >= 11 is 0. The topological polar surface area (TPSA) is 86.8 Å². The third-order valence-electron chi connectivity index (χ3n) is 6.54. The Kier molecular flexibility index (Phi) is 10.2. The van der Waals surface area contributed by atoms with E-state index in [-0.39, 0.29) is 17.3 Å². The molecule has 208 valence electrons. The summed E-state index contributed by atoms with van der Waals surface area (Å²) in [4.78, 5) is 28.2. The lowest BCUT2D eigenvalue weighted by atomic mass is 10.1. The van der Waals surface area contributed by atoms with Gasteiger partial charge in [0, 0.05) is 13.1 Å². The van der Waals surface area contributed by atoms with Crippen LogP contribution in [0.25, 0.3) is 0 Å². The number of rotatable bonds is 12. The van der Waals surface area contributed by atoms with Crippen LogP contribution in [0.5, 0.6) is 0 Å². The Balaban J connectivity index is 2.00. The van der Waals surface area contributed by atoms with Crippen LogP contribution in [0.1, 0.15) is 43.4 Å². The normalized spacial score (nSPS) is 12.0. The van der Waals surface area contributed by atoms with Crippen molar-refractivity contribution < 1.29 is 22.4 Å². The number of nitrogens with zero attached hydrogens (tertiary/aromatic N) is 2. The molecule has 0 aliphatic heterocycles. The highest BCUT2D eigenvalue weighted by Gasteiger charge is 2.33. The molecule has 0 saturated heterocycles. The molecule has 0 aromatic heterocycles. The van der Waals surface area contributed by atoms with Crippen LogP contribution in [0.3, 0.4) is 0 Å². The number of anilines is 1. The van der Waals surface area contributed by atoms with Gasteiger partial charge in [0.1, 0.15) is 18.4 Å². The number of hydrogen-bond acceptors (Lipinski definition) is 4. The number of sulfonamides is 1. The van der Waals surface area contributed by atoms with Gasteiger partial charge in [-0.25, -0.2) is 12.8 Å². The maximum Gasteiger partial charge on any atom is 0.264 e.